The summed E-state index contributed by atoms with van der Waals surface area (Å²) in [7, 11) is 0. The zero-order valence-electron chi connectivity index (χ0n) is 12.0. The van der Waals surface area contributed by atoms with Crippen molar-refractivity contribution >= 4 is 11.9 Å². The third-order valence-corrected chi connectivity index (χ3v) is 3.09. The predicted octanol–water partition coefficient (Wildman–Crippen LogP) is 2.18. The van der Waals surface area contributed by atoms with Gasteiger partial charge in [-0.2, -0.15) is 0 Å². The molecule has 5 nitrogen and oxygen atoms in total. The molecule has 0 saturated carbocycles. The maximum atomic E-state index is 11.9. The highest BCUT2D eigenvalue weighted by atomic mass is 16.4. The lowest BCUT2D eigenvalue weighted by atomic mass is 9.97. The standard InChI is InChI=1S/C15H21NO4/c1-9(2)6-12(15(19)20)8-16-14(18)11-5-4-10(3)13(17)7-11/h4-5,7,9,12,17H,6,8H2,1-3H3,(H,16,18)(H,19,20). The van der Waals surface area contributed by atoms with Crippen LogP contribution in [0.2, 0.25) is 0 Å². The number of aliphatic carboxylic acids is 1. The predicted molar refractivity (Wildman–Crippen MR) is 75.8 cm³/mol. The Bertz CT molecular complexity index is 497. The molecule has 0 heterocycles. The molecule has 0 aliphatic rings. The summed E-state index contributed by atoms with van der Waals surface area (Å²) in [5.74, 6) is -1.59. The Labute approximate surface area is 118 Å². The van der Waals surface area contributed by atoms with Gasteiger partial charge in [-0.3, -0.25) is 9.59 Å². The van der Waals surface area contributed by atoms with Gasteiger partial charge in [0.15, 0.2) is 0 Å². The zero-order valence-corrected chi connectivity index (χ0v) is 12.0. The van der Waals surface area contributed by atoms with Crippen LogP contribution >= 0.6 is 0 Å². The summed E-state index contributed by atoms with van der Waals surface area (Å²) < 4.78 is 0. The van der Waals surface area contributed by atoms with Crippen molar-refractivity contribution in [1.82, 2.24) is 5.32 Å². The molecule has 3 N–H and O–H groups in total. The lowest BCUT2D eigenvalue weighted by molar-refractivity contribution is -0.142. The summed E-state index contributed by atoms with van der Waals surface area (Å²) in [5.41, 5.74) is 1.01. The van der Waals surface area contributed by atoms with E-state index in [-0.39, 0.29) is 24.1 Å². The van der Waals surface area contributed by atoms with Crippen molar-refractivity contribution in [2.45, 2.75) is 27.2 Å². The van der Waals surface area contributed by atoms with Gasteiger partial charge >= 0.3 is 5.97 Å². The second-order valence-corrected chi connectivity index (χ2v) is 5.38. The number of phenolic OH excluding ortho intramolecular Hbond substituents is 1. The van der Waals surface area contributed by atoms with E-state index in [0.717, 1.165) is 0 Å². The summed E-state index contributed by atoms with van der Waals surface area (Å²) in [6.07, 6.45) is 0.509. The van der Waals surface area contributed by atoms with Crippen LogP contribution in [-0.2, 0) is 4.79 Å². The Balaban J connectivity index is 2.65. The van der Waals surface area contributed by atoms with Gasteiger partial charge in [-0.25, -0.2) is 0 Å². The average molecular weight is 279 g/mol. The lowest BCUT2D eigenvalue weighted by Gasteiger charge is -2.15. The Morgan fingerprint density at radius 2 is 1.95 bits per heavy atom. The fourth-order valence-corrected chi connectivity index (χ4v) is 1.91. The van der Waals surface area contributed by atoms with Crippen LogP contribution in [0.15, 0.2) is 18.2 Å². The number of hydrogen-bond acceptors (Lipinski definition) is 3. The van der Waals surface area contributed by atoms with Crippen molar-refractivity contribution in [3.63, 3.8) is 0 Å². The van der Waals surface area contributed by atoms with E-state index in [0.29, 0.717) is 17.5 Å². The van der Waals surface area contributed by atoms with E-state index in [2.05, 4.69) is 5.32 Å². The van der Waals surface area contributed by atoms with Crippen molar-refractivity contribution in [2.24, 2.45) is 11.8 Å². The van der Waals surface area contributed by atoms with Crippen LogP contribution < -0.4 is 5.32 Å². The number of phenols is 1. The Kier molecular flexibility index (Phi) is 5.55. The third-order valence-electron chi connectivity index (χ3n) is 3.09. The third kappa shape index (κ3) is 4.57. The van der Waals surface area contributed by atoms with E-state index in [1.807, 2.05) is 13.8 Å². The zero-order chi connectivity index (χ0) is 15.3. The van der Waals surface area contributed by atoms with Crippen molar-refractivity contribution in [3.05, 3.63) is 29.3 Å². The fourth-order valence-electron chi connectivity index (χ4n) is 1.91. The highest BCUT2D eigenvalue weighted by Crippen LogP contribution is 2.17. The average Bonchev–Trinajstić information content (AvgIpc) is 2.36. The summed E-state index contributed by atoms with van der Waals surface area (Å²) in [5, 5.41) is 21.3. The number of carboxylic acids is 1. The highest BCUT2D eigenvalue weighted by molar-refractivity contribution is 5.94. The van der Waals surface area contributed by atoms with Crippen molar-refractivity contribution in [3.8, 4) is 5.75 Å². The van der Waals surface area contributed by atoms with E-state index >= 15 is 0 Å². The van der Waals surface area contributed by atoms with Crippen LogP contribution in [0, 0.1) is 18.8 Å². The first kappa shape index (κ1) is 16.0. The molecule has 20 heavy (non-hydrogen) atoms. The summed E-state index contributed by atoms with van der Waals surface area (Å²) in [4.78, 5) is 23.0. The van der Waals surface area contributed by atoms with Gasteiger partial charge in [0.1, 0.15) is 5.75 Å². The number of carbonyl (C=O) groups excluding carboxylic acids is 1. The molecule has 1 amide bonds. The molecular formula is C15H21NO4. The van der Waals surface area contributed by atoms with Crippen LogP contribution in [0.25, 0.3) is 0 Å². The minimum atomic E-state index is -0.911. The molecule has 1 aromatic rings. The summed E-state index contributed by atoms with van der Waals surface area (Å²) >= 11 is 0. The maximum absolute atomic E-state index is 11.9. The molecule has 1 unspecified atom stereocenters. The molecule has 1 atom stereocenters. The van der Waals surface area contributed by atoms with Gasteiger partial charge in [0, 0.05) is 12.1 Å². The van der Waals surface area contributed by atoms with Crippen LogP contribution in [0.1, 0.15) is 36.2 Å². The summed E-state index contributed by atoms with van der Waals surface area (Å²) in [6, 6.07) is 4.62. The molecule has 0 saturated heterocycles. The van der Waals surface area contributed by atoms with Gasteiger partial charge in [-0.05, 0) is 37.0 Å². The number of benzene rings is 1. The van der Waals surface area contributed by atoms with E-state index < -0.39 is 11.9 Å². The van der Waals surface area contributed by atoms with Crippen molar-refractivity contribution in [1.29, 1.82) is 0 Å². The van der Waals surface area contributed by atoms with Gasteiger partial charge in [0.25, 0.3) is 5.91 Å². The molecule has 0 aliphatic heterocycles. The quantitative estimate of drug-likeness (QED) is 0.745. The van der Waals surface area contributed by atoms with E-state index in [1.165, 1.54) is 6.07 Å². The van der Waals surface area contributed by atoms with Gasteiger partial charge in [-0.15, -0.1) is 0 Å². The largest absolute Gasteiger partial charge is 0.508 e. The van der Waals surface area contributed by atoms with Gasteiger partial charge in [-0.1, -0.05) is 19.9 Å². The first-order valence-electron chi connectivity index (χ1n) is 6.62. The number of amides is 1. The minimum Gasteiger partial charge on any atom is -0.508 e. The summed E-state index contributed by atoms with van der Waals surface area (Å²) in [6.45, 7) is 5.70. The Hall–Kier alpha value is -2.04. The first-order chi connectivity index (χ1) is 9.31. The topological polar surface area (TPSA) is 86.6 Å². The molecule has 0 fully saturated rings. The van der Waals surface area contributed by atoms with Gasteiger partial charge in [0.2, 0.25) is 0 Å². The van der Waals surface area contributed by atoms with Crippen LogP contribution in [0.4, 0.5) is 0 Å². The smallest absolute Gasteiger partial charge is 0.308 e. The SMILES string of the molecule is Cc1ccc(C(=O)NCC(CC(C)C)C(=O)O)cc1O. The molecule has 0 aliphatic carbocycles. The van der Waals surface area contributed by atoms with E-state index in [1.54, 1.807) is 19.1 Å². The van der Waals surface area contributed by atoms with E-state index in [4.69, 9.17) is 5.11 Å². The molecule has 0 spiro atoms. The number of aryl methyl sites for hydroxylation is 1. The van der Waals surface area contributed by atoms with Gasteiger partial charge < -0.3 is 15.5 Å². The lowest BCUT2D eigenvalue weighted by Crippen LogP contribution is -2.33. The number of aromatic hydroxyl groups is 1. The van der Waals surface area contributed by atoms with Crippen molar-refractivity contribution < 1.29 is 19.8 Å². The molecule has 0 bridgehead atoms. The molecule has 1 rings (SSSR count). The van der Waals surface area contributed by atoms with Crippen LogP contribution in [0.3, 0.4) is 0 Å². The second kappa shape index (κ2) is 6.93. The number of rotatable bonds is 6. The fraction of sp³-hybridized carbons (Fsp3) is 0.467. The Morgan fingerprint density at radius 3 is 2.45 bits per heavy atom. The van der Waals surface area contributed by atoms with Gasteiger partial charge in [0.05, 0.1) is 5.92 Å². The molecular weight excluding hydrogens is 258 g/mol. The molecule has 0 aromatic heterocycles. The van der Waals surface area contributed by atoms with Crippen LogP contribution in [-0.4, -0.2) is 28.6 Å². The number of carboxylic acid groups (broad SMARTS) is 1. The molecule has 1 aromatic carbocycles. The highest BCUT2D eigenvalue weighted by Gasteiger charge is 2.20. The van der Waals surface area contributed by atoms with E-state index in [9.17, 15) is 14.7 Å². The molecule has 5 heteroatoms. The second-order valence-electron chi connectivity index (χ2n) is 5.38. The number of hydrogen-bond donors (Lipinski definition) is 3. The normalized spacial score (nSPS) is 12.2. The first-order valence-corrected chi connectivity index (χ1v) is 6.62. The molecule has 0 radical (unpaired) electrons. The monoisotopic (exact) mass is 279 g/mol. The van der Waals surface area contributed by atoms with Crippen molar-refractivity contribution in [2.75, 3.05) is 6.54 Å². The minimum absolute atomic E-state index is 0.0506. The Morgan fingerprint density at radius 1 is 1.30 bits per heavy atom. The van der Waals surface area contributed by atoms with Crippen LogP contribution in [0.5, 0.6) is 5.75 Å². The number of nitrogens with one attached hydrogen (secondary N) is 1. The number of carbonyl (C=O) groups is 2. The maximum Gasteiger partial charge on any atom is 0.308 e. The molecule has 110 valence electrons.